The molecule has 0 spiro atoms. The molecule has 20 heavy (non-hydrogen) atoms. The molecule has 0 unspecified atom stereocenters. The molecule has 1 aromatic carbocycles. The molecule has 0 amide bonds. The van der Waals surface area contributed by atoms with Crippen LogP contribution in [0.3, 0.4) is 0 Å². The van der Waals surface area contributed by atoms with Crippen LogP contribution in [0.2, 0.25) is 5.15 Å². The molecule has 104 valence electrons. The van der Waals surface area contributed by atoms with Crippen molar-refractivity contribution in [3.05, 3.63) is 55.6 Å². The first-order chi connectivity index (χ1) is 9.49. The van der Waals surface area contributed by atoms with Crippen LogP contribution in [-0.2, 0) is 6.54 Å². The lowest BCUT2D eigenvalue weighted by molar-refractivity contribution is -0.384. The van der Waals surface area contributed by atoms with Crippen LogP contribution >= 0.6 is 27.5 Å². The SMILES string of the molecule is O=[N+]([O-])c1c(Cl)ncnc1NCc1cc(Br)ccc1F. The summed E-state index contributed by atoms with van der Waals surface area (Å²) in [5.41, 5.74) is -0.104. The van der Waals surface area contributed by atoms with Crippen LogP contribution < -0.4 is 5.32 Å². The molecular formula is C11H7BrClFN4O2. The van der Waals surface area contributed by atoms with Gasteiger partial charge in [-0.3, -0.25) is 10.1 Å². The van der Waals surface area contributed by atoms with Crippen LogP contribution in [0.1, 0.15) is 5.56 Å². The van der Waals surface area contributed by atoms with E-state index in [4.69, 9.17) is 11.6 Å². The molecule has 0 aliphatic carbocycles. The van der Waals surface area contributed by atoms with E-state index in [-0.39, 0.29) is 17.5 Å². The molecule has 0 aliphatic rings. The Morgan fingerprint density at radius 2 is 2.20 bits per heavy atom. The highest BCUT2D eigenvalue weighted by Gasteiger charge is 2.21. The van der Waals surface area contributed by atoms with E-state index >= 15 is 0 Å². The van der Waals surface area contributed by atoms with Gasteiger partial charge in [0, 0.05) is 16.6 Å². The molecule has 1 heterocycles. The van der Waals surface area contributed by atoms with E-state index in [0.29, 0.717) is 10.0 Å². The summed E-state index contributed by atoms with van der Waals surface area (Å²) in [4.78, 5) is 17.5. The third-order valence-corrected chi connectivity index (χ3v) is 3.18. The third-order valence-electron chi connectivity index (χ3n) is 2.41. The van der Waals surface area contributed by atoms with Gasteiger partial charge in [0.1, 0.15) is 12.1 Å². The maximum absolute atomic E-state index is 13.6. The van der Waals surface area contributed by atoms with E-state index in [1.54, 1.807) is 12.1 Å². The van der Waals surface area contributed by atoms with Gasteiger partial charge in [0.05, 0.1) is 4.92 Å². The predicted octanol–water partition coefficient (Wildman–Crippen LogP) is 3.55. The lowest BCUT2D eigenvalue weighted by atomic mass is 10.2. The standard InChI is InChI=1S/C11H7BrClFN4O2/c12-7-1-2-8(14)6(3-7)4-15-11-9(18(19)20)10(13)16-5-17-11/h1-3,5H,4H2,(H,15,16,17). The summed E-state index contributed by atoms with van der Waals surface area (Å²) < 4.78 is 14.3. The second-order valence-electron chi connectivity index (χ2n) is 3.71. The Morgan fingerprint density at radius 1 is 1.45 bits per heavy atom. The number of halogens is 3. The van der Waals surface area contributed by atoms with Gasteiger partial charge in [0.25, 0.3) is 0 Å². The quantitative estimate of drug-likeness (QED) is 0.512. The van der Waals surface area contributed by atoms with E-state index in [9.17, 15) is 14.5 Å². The Kier molecular flexibility index (Phi) is 4.46. The number of anilines is 1. The summed E-state index contributed by atoms with van der Waals surface area (Å²) in [6, 6.07) is 4.42. The number of nitro groups is 1. The average Bonchev–Trinajstić information content (AvgIpc) is 2.39. The largest absolute Gasteiger partial charge is 0.360 e. The van der Waals surface area contributed by atoms with Crippen LogP contribution in [0.5, 0.6) is 0 Å². The minimum atomic E-state index is -0.693. The third kappa shape index (κ3) is 3.20. The van der Waals surface area contributed by atoms with Crippen LogP contribution in [0, 0.1) is 15.9 Å². The van der Waals surface area contributed by atoms with Crippen molar-refractivity contribution in [1.82, 2.24) is 9.97 Å². The van der Waals surface area contributed by atoms with Gasteiger partial charge in [0.15, 0.2) is 0 Å². The monoisotopic (exact) mass is 360 g/mol. The van der Waals surface area contributed by atoms with Crippen molar-refractivity contribution < 1.29 is 9.31 Å². The van der Waals surface area contributed by atoms with E-state index in [0.717, 1.165) is 6.33 Å². The Morgan fingerprint density at radius 3 is 2.90 bits per heavy atom. The lowest BCUT2D eigenvalue weighted by Gasteiger charge is -2.07. The Balaban J connectivity index is 2.25. The molecule has 0 fully saturated rings. The molecule has 1 N–H and O–H groups in total. The summed E-state index contributed by atoms with van der Waals surface area (Å²) in [6.07, 6.45) is 1.09. The van der Waals surface area contributed by atoms with Crippen molar-refractivity contribution in [2.75, 3.05) is 5.32 Å². The van der Waals surface area contributed by atoms with Crippen molar-refractivity contribution in [2.24, 2.45) is 0 Å². The van der Waals surface area contributed by atoms with Gasteiger partial charge in [-0.1, -0.05) is 27.5 Å². The Labute approximate surface area is 126 Å². The second kappa shape index (κ2) is 6.10. The minimum Gasteiger partial charge on any atom is -0.360 e. The first kappa shape index (κ1) is 14.6. The van der Waals surface area contributed by atoms with Gasteiger partial charge < -0.3 is 5.32 Å². The predicted molar refractivity (Wildman–Crippen MR) is 75.1 cm³/mol. The summed E-state index contributed by atoms with van der Waals surface area (Å²) in [5.74, 6) is -0.488. The fourth-order valence-electron chi connectivity index (χ4n) is 1.51. The van der Waals surface area contributed by atoms with Gasteiger partial charge in [-0.15, -0.1) is 0 Å². The van der Waals surface area contributed by atoms with Crippen molar-refractivity contribution in [1.29, 1.82) is 0 Å². The highest BCUT2D eigenvalue weighted by molar-refractivity contribution is 9.10. The fourth-order valence-corrected chi connectivity index (χ4v) is 2.12. The normalized spacial score (nSPS) is 10.3. The molecule has 0 bridgehead atoms. The van der Waals surface area contributed by atoms with Gasteiger partial charge in [-0.05, 0) is 18.2 Å². The van der Waals surface area contributed by atoms with Crippen LogP contribution in [0.25, 0.3) is 0 Å². The van der Waals surface area contributed by atoms with Crippen molar-refractivity contribution in [3.8, 4) is 0 Å². The average molecular weight is 362 g/mol. The van der Waals surface area contributed by atoms with E-state index in [1.807, 2.05) is 0 Å². The van der Waals surface area contributed by atoms with Crippen LogP contribution in [-0.4, -0.2) is 14.9 Å². The zero-order valence-corrected chi connectivity index (χ0v) is 12.2. The lowest BCUT2D eigenvalue weighted by Crippen LogP contribution is -2.07. The number of nitrogens with one attached hydrogen (secondary N) is 1. The zero-order valence-electron chi connectivity index (χ0n) is 9.81. The summed E-state index contributed by atoms with van der Waals surface area (Å²) in [6.45, 7) is 0.0272. The van der Waals surface area contributed by atoms with Crippen LogP contribution in [0.4, 0.5) is 15.9 Å². The van der Waals surface area contributed by atoms with E-state index < -0.39 is 16.4 Å². The van der Waals surface area contributed by atoms with E-state index in [1.165, 1.54) is 6.07 Å². The minimum absolute atomic E-state index is 0.0272. The number of benzene rings is 1. The zero-order chi connectivity index (χ0) is 14.7. The summed E-state index contributed by atoms with van der Waals surface area (Å²) in [7, 11) is 0. The maximum atomic E-state index is 13.6. The number of aromatic nitrogens is 2. The summed E-state index contributed by atoms with van der Waals surface area (Å²) in [5, 5.41) is 13.3. The summed E-state index contributed by atoms with van der Waals surface area (Å²) >= 11 is 8.87. The van der Waals surface area contributed by atoms with Gasteiger partial charge in [-0.25, -0.2) is 14.4 Å². The van der Waals surface area contributed by atoms with Gasteiger partial charge in [-0.2, -0.15) is 0 Å². The molecule has 0 aliphatic heterocycles. The highest BCUT2D eigenvalue weighted by Crippen LogP contribution is 2.28. The smallest absolute Gasteiger partial charge is 0.348 e. The number of hydrogen-bond donors (Lipinski definition) is 1. The maximum Gasteiger partial charge on any atom is 0.348 e. The second-order valence-corrected chi connectivity index (χ2v) is 4.98. The molecule has 0 saturated carbocycles. The molecule has 0 atom stereocenters. The molecule has 9 heteroatoms. The van der Waals surface area contributed by atoms with Crippen LogP contribution in [0.15, 0.2) is 29.0 Å². The first-order valence-corrected chi connectivity index (χ1v) is 6.49. The first-order valence-electron chi connectivity index (χ1n) is 5.31. The number of hydrogen-bond acceptors (Lipinski definition) is 5. The molecule has 0 saturated heterocycles. The van der Waals surface area contributed by atoms with Crippen molar-refractivity contribution in [3.63, 3.8) is 0 Å². The Bertz CT molecular complexity index is 671. The Hall–Kier alpha value is -1.80. The fraction of sp³-hybridized carbons (Fsp3) is 0.0909. The molecule has 2 rings (SSSR count). The number of rotatable bonds is 4. The van der Waals surface area contributed by atoms with Crippen molar-refractivity contribution >= 4 is 39.0 Å². The molecule has 1 aromatic heterocycles. The topological polar surface area (TPSA) is 81.0 Å². The highest BCUT2D eigenvalue weighted by atomic mass is 79.9. The van der Waals surface area contributed by atoms with E-state index in [2.05, 4.69) is 31.2 Å². The molecule has 2 aromatic rings. The number of nitrogens with zero attached hydrogens (tertiary/aromatic N) is 3. The van der Waals surface area contributed by atoms with Gasteiger partial charge >= 0.3 is 5.69 Å². The van der Waals surface area contributed by atoms with Crippen molar-refractivity contribution in [2.45, 2.75) is 6.54 Å². The molecule has 6 nitrogen and oxygen atoms in total. The van der Waals surface area contributed by atoms with Gasteiger partial charge in [0.2, 0.25) is 11.0 Å². The molecule has 0 radical (unpaired) electrons. The molecular weight excluding hydrogens is 355 g/mol.